The molecule has 0 radical (unpaired) electrons. The zero-order valence-electron chi connectivity index (χ0n) is 10.7. The summed E-state index contributed by atoms with van der Waals surface area (Å²) in [4.78, 5) is 4.26. The number of nitriles is 1. The highest BCUT2D eigenvalue weighted by Crippen LogP contribution is 2.23. The number of sulfonamides is 1. The second-order valence-corrected chi connectivity index (χ2v) is 6.76. The maximum absolute atomic E-state index is 12.2. The summed E-state index contributed by atoms with van der Waals surface area (Å²) >= 11 is 0.893. The van der Waals surface area contributed by atoms with Crippen molar-refractivity contribution < 1.29 is 8.42 Å². The molecule has 2 rings (SSSR count). The van der Waals surface area contributed by atoms with Crippen molar-refractivity contribution in [1.29, 1.82) is 5.26 Å². The van der Waals surface area contributed by atoms with E-state index < -0.39 is 10.0 Å². The van der Waals surface area contributed by atoms with Crippen LogP contribution in [0.15, 0.2) is 34.7 Å². The number of pyridine rings is 1. The predicted molar refractivity (Wildman–Crippen MR) is 80.0 cm³/mol. The smallest absolute Gasteiger partial charge is 0.272 e. The van der Waals surface area contributed by atoms with Gasteiger partial charge in [-0.1, -0.05) is 11.8 Å². The van der Waals surface area contributed by atoms with Gasteiger partial charge in [-0.2, -0.15) is 5.26 Å². The number of rotatable bonds is 3. The molecule has 0 spiro atoms. The maximum Gasteiger partial charge on any atom is 0.272 e. The summed E-state index contributed by atoms with van der Waals surface area (Å²) in [6, 6.07) is 7.89. The zero-order chi connectivity index (χ0) is 15.3. The van der Waals surface area contributed by atoms with Crippen LogP contribution in [0, 0.1) is 23.2 Å². The van der Waals surface area contributed by atoms with Crippen LogP contribution in [0.5, 0.6) is 0 Å². The van der Waals surface area contributed by atoms with E-state index in [4.69, 9.17) is 11.0 Å². The van der Waals surface area contributed by atoms with E-state index in [1.54, 1.807) is 6.07 Å². The minimum absolute atomic E-state index is 0.0549. The lowest BCUT2D eigenvalue weighted by molar-refractivity contribution is 0.603. The van der Waals surface area contributed by atoms with Crippen LogP contribution >= 0.6 is 11.3 Å². The third kappa shape index (κ3) is 3.80. The molecule has 0 saturated carbocycles. The third-order valence-corrected chi connectivity index (χ3v) is 5.13. The molecule has 0 amide bonds. The first-order valence-electron chi connectivity index (χ1n) is 5.73. The van der Waals surface area contributed by atoms with Gasteiger partial charge in [-0.15, -0.1) is 11.3 Å². The van der Waals surface area contributed by atoms with Gasteiger partial charge in [-0.05, 0) is 24.3 Å². The Bertz CT molecular complexity index is 854. The van der Waals surface area contributed by atoms with Crippen molar-refractivity contribution in [3.05, 3.63) is 40.9 Å². The molecule has 0 atom stereocenters. The molecule has 0 fully saturated rings. The number of anilines is 1. The Labute approximate surface area is 126 Å². The van der Waals surface area contributed by atoms with Crippen molar-refractivity contribution in [2.24, 2.45) is 5.73 Å². The van der Waals surface area contributed by atoms with E-state index in [1.807, 2.05) is 6.07 Å². The van der Waals surface area contributed by atoms with Crippen LogP contribution in [0.3, 0.4) is 0 Å². The quantitative estimate of drug-likeness (QED) is 0.824. The highest BCUT2D eigenvalue weighted by Gasteiger charge is 2.17. The second kappa shape index (κ2) is 6.37. The van der Waals surface area contributed by atoms with Gasteiger partial charge in [0.15, 0.2) is 0 Å². The normalized spacial score (nSPS) is 10.3. The van der Waals surface area contributed by atoms with Crippen molar-refractivity contribution in [1.82, 2.24) is 4.98 Å². The van der Waals surface area contributed by atoms with Gasteiger partial charge < -0.3 is 5.73 Å². The van der Waals surface area contributed by atoms with Crippen LogP contribution in [0.2, 0.25) is 0 Å². The molecular weight excluding hydrogens is 308 g/mol. The van der Waals surface area contributed by atoms with Gasteiger partial charge in [-0.25, -0.2) is 13.4 Å². The molecule has 0 aliphatic carbocycles. The monoisotopic (exact) mass is 318 g/mol. The number of hydrogen-bond acceptors (Lipinski definition) is 6. The lowest BCUT2D eigenvalue weighted by atomic mass is 10.2. The van der Waals surface area contributed by atoms with Crippen LogP contribution in [-0.4, -0.2) is 19.9 Å². The Hall–Kier alpha value is -2.39. The fraction of sp³-hybridized carbons (Fsp3) is 0.0769. The van der Waals surface area contributed by atoms with Crippen LogP contribution in [0.4, 0.5) is 5.82 Å². The predicted octanol–water partition coefficient (Wildman–Crippen LogP) is 1.13. The Kier molecular flexibility index (Phi) is 4.55. The third-order valence-electron chi connectivity index (χ3n) is 2.29. The molecule has 0 unspecified atom stereocenters. The first-order valence-corrected chi connectivity index (χ1v) is 8.03. The highest BCUT2D eigenvalue weighted by molar-refractivity contribution is 7.94. The number of nitrogens with two attached hydrogens (primary N) is 1. The lowest BCUT2D eigenvalue weighted by Crippen LogP contribution is -2.12. The van der Waals surface area contributed by atoms with Crippen LogP contribution in [-0.2, 0) is 10.0 Å². The molecule has 2 heterocycles. The lowest BCUT2D eigenvalue weighted by Gasteiger charge is -2.05. The molecule has 0 aromatic carbocycles. The molecule has 0 aliphatic rings. The Morgan fingerprint density at radius 3 is 2.86 bits per heavy atom. The number of aromatic nitrogens is 1. The minimum atomic E-state index is -3.76. The van der Waals surface area contributed by atoms with Crippen LogP contribution in [0.1, 0.15) is 10.4 Å². The SMILES string of the molecule is N#Cc1ccc(S(=O)(=O)Nc2cc(C#CCN)ccn2)s1. The molecule has 8 heteroatoms. The average molecular weight is 318 g/mol. The Balaban J connectivity index is 2.26. The van der Waals surface area contributed by atoms with E-state index >= 15 is 0 Å². The number of nitrogens with one attached hydrogen (secondary N) is 1. The van der Waals surface area contributed by atoms with E-state index in [0.717, 1.165) is 11.3 Å². The van der Waals surface area contributed by atoms with Crippen molar-refractivity contribution in [2.75, 3.05) is 11.3 Å². The summed E-state index contributed by atoms with van der Waals surface area (Å²) in [7, 11) is -3.76. The van der Waals surface area contributed by atoms with E-state index in [-0.39, 0.29) is 16.6 Å². The van der Waals surface area contributed by atoms with Gasteiger partial charge >= 0.3 is 0 Å². The van der Waals surface area contributed by atoms with Gasteiger partial charge in [0.25, 0.3) is 10.0 Å². The van der Waals surface area contributed by atoms with Crippen molar-refractivity contribution in [3.63, 3.8) is 0 Å². The Morgan fingerprint density at radius 1 is 1.38 bits per heavy atom. The molecule has 0 aliphatic heterocycles. The standard InChI is InChI=1S/C13H10N4O2S2/c14-6-1-2-10-5-7-16-12(8-10)17-21(18,19)13-4-3-11(9-15)20-13/h3-5,7-8H,6,14H2,(H,16,17). The topological polar surface area (TPSA) is 109 Å². The van der Waals surface area contributed by atoms with E-state index in [1.165, 1.54) is 24.4 Å². The molecular formula is C13H10N4O2S2. The molecule has 106 valence electrons. The van der Waals surface area contributed by atoms with E-state index in [0.29, 0.717) is 10.4 Å². The molecule has 2 aromatic rings. The van der Waals surface area contributed by atoms with Gasteiger partial charge in [0.1, 0.15) is 21.0 Å². The fourth-order valence-electron chi connectivity index (χ4n) is 1.43. The van der Waals surface area contributed by atoms with Crippen molar-refractivity contribution in [2.45, 2.75) is 4.21 Å². The summed E-state index contributed by atoms with van der Waals surface area (Å²) in [5.74, 6) is 5.63. The van der Waals surface area contributed by atoms with Gasteiger partial charge in [-0.3, -0.25) is 4.72 Å². The molecule has 6 nitrogen and oxygen atoms in total. The molecule has 21 heavy (non-hydrogen) atoms. The average Bonchev–Trinajstić information content (AvgIpc) is 2.95. The first-order chi connectivity index (χ1) is 10.0. The fourth-order valence-corrected chi connectivity index (χ4v) is 3.53. The number of hydrogen-bond donors (Lipinski definition) is 2. The number of nitrogens with zero attached hydrogens (tertiary/aromatic N) is 2. The number of thiophene rings is 1. The van der Waals surface area contributed by atoms with Crippen LogP contribution in [0.25, 0.3) is 0 Å². The summed E-state index contributed by atoms with van der Waals surface area (Å²) in [6.07, 6.45) is 1.45. The summed E-state index contributed by atoms with van der Waals surface area (Å²) in [5.41, 5.74) is 5.89. The molecule has 0 bridgehead atoms. The van der Waals surface area contributed by atoms with Gasteiger partial charge in [0, 0.05) is 11.8 Å². The Morgan fingerprint density at radius 2 is 2.19 bits per heavy atom. The molecule has 0 saturated heterocycles. The zero-order valence-corrected chi connectivity index (χ0v) is 12.3. The maximum atomic E-state index is 12.2. The van der Waals surface area contributed by atoms with Crippen molar-refractivity contribution >= 4 is 27.2 Å². The summed E-state index contributed by atoms with van der Waals surface area (Å²) in [5, 5.41) is 8.73. The van der Waals surface area contributed by atoms with Crippen LogP contribution < -0.4 is 10.5 Å². The van der Waals surface area contributed by atoms with E-state index in [2.05, 4.69) is 21.5 Å². The molecule has 3 N–H and O–H groups in total. The summed E-state index contributed by atoms with van der Waals surface area (Å²) in [6.45, 7) is 0.218. The largest absolute Gasteiger partial charge is 0.320 e. The van der Waals surface area contributed by atoms with Crippen molar-refractivity contribution in [3.8, 4) is 17.9 Å². The van der Waals surface area contributed by atoms with Gasteiger partial charge in [0.2, 0.25) is 0 Å². The van der Waals surface area contributed by atoms with Gasteiger partial charge in [0.05, 0.1) is 6.54 Å². The summed E-state index contributed by atoms with van der Waals surface area (Å²) < 4.78 is 26.7. The first kappa shape index (κ1) is 15.0. The molecule has 2 aromatic heterocycles. The van der Waals surface area contributed by atoms with E-state index in [9.17, 15) is 8.42 Å². The second-order valence-electron chi connectivity index (χ2n) is 3.77. The highest BCUT2D eigenvalue weighted by atomic mass is 32.2. The minimum Gasteiger partial charge on any atom is -0.320 e.